The predicted molar refractivity (Wildman–Crippen MR) is 101 cm³/mol. The summed E-state index contributed by atoms with van der Waals surface area (Å²) in [5.74, 6) is 1.92. The summed E-state index contributed by atoms with van der Waals surface area (Å²) >= 11 is 3.42. The molecule has 0 atom stereocenters. The number of aliphatic hydroxyl groups is 1. The molecule has 2 N–H and O–H groups in total. The maximum absolute atomic E-state index is 9.06. The normalized spacial score (nSPS) is 16.3. The zero-order valence-electron chi connectivity index (χ0n) is 14.5. The van der Waals surface area contributed by atoms with E-state index in [1.165, 1.54) is 10.4 Å². The van der Waals surface area contributed by atoms with Crippen molar-refractivity contribution in [2.45, 2.75) is 57.4 Å². The van der Waals surface area contributed by atoms with Crippen LogP contribution in [0.5, 0.6) is 0 Å². The molecule has 5 nitrogen and oxygen atoms in total. The van der Waals surface area contributed by atoms with Crippen molar-refractivity contribution in [2.24, 2.45) is 0 Å². The zero-order chi connectivity index (χ0) is 17.2. The second-order valence-electron chi connectivity index (χ2n) is 6.62. The van der Waals surface area contributed by atoms with Crippen LogP contribution < -0.4 is 5.32 Å². The van der Waals surface area contributed by atoms with Crippen LogP contribution in [-0.4, -0.2) is 39.6 Å². The van der Waals surface area contributed by atoms with E-state index in [4.69, 9.17) is 19.8 Å². The average molecular weight is 368 g/mol. The minimum absolute atomic E-state index is 0.154. The lowest BCUT2D eigenvalue weighted by atomic mass is 9.94. The summed E-state index contributed by atoms with van der Waals surface area (Å²) in [5, 5.41) is 14.4. The maximum atomic E-state index is 9.06. The van der Waals surface area contributed by atoms with Crippen LogP contribution in [0, 0.1) is 0 Å². The highest BCUT2D eigenvalue weighted by Gasteiger charge is 2.31. The second kappa shape index (κ2) is 7.56. The molecule has 3 heterocycles. The van der Waals surface area contributed by atoms with E-state index in [1.54, 1.807) is 23.1 Å². The van der Waals surface area contributed by atoms with Gasteiger partial charge in [-0.3, -0.25) is 0 Å². The van der Waals surface area contributed by atoms with Crippen molar-refractivity contribution in [1.82, 2.24) is 9.97 Å². The summed E-state index contributed by atoms with van der Waals surface area (Å²) in [5.41, 5.74) is 1.17. The van der Waals surface area contributed by atoms with Gasteiger partial charge in [-0.25, -0.2) is 9.97 Å². The molecule has 0 bridgehead atoms. The van der Waals surface area contributed by atoms with E-state index in [0.29, 0.717) is 19.6 Å². The Morgan fingerprint density at radius 1 is 1.38 bits per heavy atom. The van der Waals surface area contributed by atoms with Gasteiger partial charge in [-0.1, -0.05) is 18.7 Å². The SMILES string of the molecule is CCCSc1nc(NCCCO)c2c3c(sc2n1)COC(C)(C)C3. The Balaban J connectivity index is 2.03. The fourth-order valence-electron chi connectivity index (χ4n) is 2.80. The highest BCUT2D eigenvalue weighted by atomic mass is 32.2. The molecule has 132 valence electrons. The van der Waals surface area contributed by atoms with Crippen LogP contribution in [0.1, 0.15) is 44.1 Å². The lowest BCUT2D eigenvalue weighted by Crippen LogP contribution is -2.31. The molecule has 2 aromatic heterocycles. The van der Waals surface area contributed by atoms with E-state index >= 15 is 0 Å². The van der Waals surface area contributed by atoms with Crippen molar-refractivity contribution in [2.75, 3.05) is 24.2 Å². The summed E-state index contributed by atoms with van der Waals surface area (Å²) in [6.07, 6.45) is 2.69. The molecule has 0 spiro atoms. The molecule has 0 aromatic carbocycles. The van der Waals surface area contributed by atoms with Gasteiger partial charge in [0.15, 0.2) is 5.16 Å². The predicted octanol–water partition coefficient (Wildman–Crippen LogP) is 3.84. The third kappa shape index (κ3) is 3.85. The van der Waals surface area contributed by atoms with E-state index < -0.39 is 0 Å². The molecule has 24 heavy (non-hydrogen) atoms. The first-order valence-corrected chi connectivity index (χ1v) is 10.3. The van der Waals surface area contributed by atoms with E-state index in [1.807, 2.05) is 0 Å². The van der Waals surface area contributed by atoms with Gasteiger partial charge in [0.2, 0.25) is 0 Å². The highest BCUT2D eigenvalue weighted by Crippen LogP contribution is 2.41. The molecule has 1 aliphatic rings. The average Bonchev–Trinajstić information content (AvgIpc) is 2.89. The Labute approximate surface area is 151 Å². The third-order valence-corrected chi connectivity index (χ3v) is 6.13. The van der Waals surface area contributed by atoms with E-state index in [9.17, 15) is 0 Å². The lowest BCUT2D eigenvalue weighted by Gasteiger charge is -2.30. The summed E-state index contributed by atoms with van der Waals surface area (Å²) < 4.78 is 5.96. The van der Waals surface area contributed by atoms with Crippen LogP contribution in [0.2, 0.25) is 0 Å². The van der Waals surface area contributed by atoms with Gasteiger partial charge < -0.3 is 15.2 Å². The number of aliphatic hydroxyl groups excluding tert-OH is 1. The lowest BCUT2D eigenvalue weighted by molar-refractivity contribution is -0.0379. The smallest absolute Gasteiger partial charge is 0.190 e. The molecule has 0 radical (unpaired) electrons. The number of hydrogen-bond donors (Lipinski definition) is 2. The minimum atomic E-state index is -0.154. The van der Waals surface area contributed by atoms with Gasteiger partial charge in [0.25, 0.3) is 0 Å². The van der Waals surface area contributed by atoms with Crippen molar-refractivity contribution in [3.8, 4) is 0 Å². The molecule has 2 aromatic rings. The topological polar surface area (TPSA) is 67.3 Å². The molecule has 0 saturated heterocycles. The summed E-state index contributed by atoms with van der Waals surface area (Å²) in [4.78, 5) is 11.9. The summed E-state index contributed by atoms with van der Waals surface area (Å²) in [6, 6.07) is 0. The van der Waals surface area contributed by atoms with Crippen LogP contribution in [0.15, 0.2) is 5.16 Å². The van der Waals surface area contributed by atoms with Crippen molar-refractivity contribution < 1.29 is 9.84 Å². The fraction of sp³-hybridized carbons (Fsp3) is 0.647. The Hall–Kier alpha value is -0.890. The third-order valence-electron chi connectivity index (χ3n) is 3.97. The first kappa shape index (κ1) is 17.9. The number of nitrogens with zero attached hydrogens (tertiary/aromatic N) is 2. The Bertz CT molecular complexity index is 715. The number of thiophene rings is 1. The van der Waals surface area contributed by atoms with Gasteiger partial charge in [0.05, 0.1) is 17.6 Å². The Morgan fingerprint density at radius 2 is 2.21 bits per heavy atom. The largest absolute Gasteiger partial charge is 0.396 e. The quantitative estimate of drug-likeness (QED) is 0.440. The standard InChI is InChI=1S/C17H25N3O2S2/c1-4-8-23-16-19-14(18-6-5-7-21)13-11-9-17(2,3)22-10-12(11)24-15(13)20-16/h21H,4-10H2,1-3H3,(H,18,19,20). The van der Waals surface area contributed by atoms with E-state index in [2.05, 4.69) is 26.1 Å². The number of ether oxygens (including phenoxy) is 1. The molecule has 0 unspecified atom stereocenters. The van der Waals surface area contributed by atoms with Crippen molar-refractivity contribution >= 4 is 39.1 Å². The monoisotopic (exact) mass is 367 g/mol. The number of thioether (sulfide) groups is 1. The highest BCUT2D eigenvalue weighted by molar-refractivity contribution is 7.99. The first-order chi connectivity index (χ1) is 11.5. The number of fused-ring (bicyclic) bond motifs is 3. The molecule has 0 aliphatic carbocycles. The van der Waals surface area contributed by atoms with Crippen LogP contribution in [-0.2, 0) is 17.8 Å². The summed E-state index contributed by atoms with van der Waals surface area (Å²) in [6.45, 7) is 7.97. The van der Waals surface area contributed by atoms with Gasteiger partial charge in [-0.15, -0.1) is 11.3 Å². The number of anilines is 1. The number of rotatable bonds is 7. The Morgan fingerprint density at radius 3 is 2.96 bits per heavy atom. The molecule has 0 saturated carbocycles. The van der Waals surface area contributed by atoms with E-state index in [-0.39, 0.29) is 12.2 Å². The van der Waals surface area contributed by atoms with Crippen LogP contribution in [0.25, 0.3) is 10.2 Å². The molecule has 7 heteroatoms. The van der Waals surface area contributed by atoms with Gasteiger partial charge >= 0.3 is 0 Å². The zero-order valence-corrected chi connectivity index (χ0v) is 16.1. The molecular weight excluding hydrogens is 342 g/mol. The number of hydrogen-bond acceptors (Lipinski definition) is 7. The van der Waals surface area contributed by atoms with Gasteiger partial charge in [-0.05, 0) is 32.3 Å². The second-order valence-corrected chi connectivity index (χ2v) is 8.76. The molecule has 0 fully saturated rings. The first-order valence-electron chi connectivity index (χ1n) is 8.48. The maximum Gasteiger partial charge on any atom is 0.190 e. The van der Waals surface area contributed by atoms with Crippen molar-refractivity contribution in [1.29, 1.82) is 0 Å². The van der Waals surface area contributed by atoms with Gasteiger partial charge in [-0.2, -0.15) is 0 Å². The minimum Gasteiger partial charge on any atom is -0.396 e. The summed E-state index contributed by atoms with van der Waals surface area (Å²) in [7, 11) is 0. The van der Waals surface area contributed by atoms with Gasteiger partial charge in [0.1, 0.15) is 10.6 Å². The number of nitrogens with one attached hydrogen (secondary N) is 1. The van der Waals surface area contributed by atoms with E-state index in [0.717, 1.165) is 39.8 Å². The van der Waals surface area contributed by atoms with Gasteiger partial charge in [0, 0.05) is 30.2 Å². The molecular formula is C17H25N3O2S2. The molecule has 1 aliphatic heterocycles. The van der Waals surface area contributed by atoms with Crippen LogP contribution in [0.3, 0.4) is 0 Å². The van der Waals surface area contributed by atoms with Crippen LogP contribution in [0.4, 0.5) is 5.82 Å². The fourth-order valence-corrected chi connectivity index (χ4v) is 4.66. The van der Waals surface area contributed by atoms with Crippen molar-refractivity contribution in [3.63, 3.8) is 0 Å². The molecule has 3 rings (SSSR count). The van der Waals surface area contributed by atoms with Crippen molar-refractivity contribution in [3.05, 3.63) is 10.4 Å². The Kier molecular flexibility index (Phi) is 5.64. The molecule has 0 amide bonds. The van der Waals surface area contributed by atoms with Crippen LogP contribution >= 0.6 is 23.1 Å². The number of aromatic nitrogens is 2.